The summed E-state index contributed by atoms with van der Waals surface area (Å²) in [6, 6.07) is 15.4. The molecule has 0 saturated carbocycles. The Bertz CT molecular complexity index is 663. The molecule has 3 N–H and O–H groups in total. The van der Waals surface area contributed by atoms with Gasteiger partial charge in [0, 0.05) is 22.7 Å². The highest BCUT2D eigenvalue weighted by Gasteiger charge is 2.27. The maximum atomic E-state index is 11.3. The van der Waals surface area contributed by atoms with E-state index < -0.39 is 5.91 Å². The molecule has 0 aliphatic rings. The summed E-state index contributed by atoms with van der Waals surface area (Å²) >= 11 is 6.00. The van der Waals surface area contributed by atoms with Crippen molar-refractivity contribution in [1.29, 1.82) is 0 Å². The Hall–Kier alpha value is -1.84. The van der Waals surface area contributed by atoms with Crippen LogP contribution in [0.1, 0.15) is 48.2 Å². The zero-order valence-corrected chi connectivity index (χ0v) is 14.4. The minimum Gasteiger partial charge on any atom is -0.366 e. The molecule has 0 fully saturated rings. The van der Waals surface area contributed by atoms with E-state index in [1.54, 1.807) is 6.07 Å². The number of carbonyl (C=O) groups excluding carboxylic acids is 1. The summed E-state index contributed by atoms with van der Waals surface area (Å²) in [5.41, 5.74) is 8.03. The fraction of sp³-hybridized carbons (Fsp3) is 0.316. The van der Waals surface area contributed by atoms with E-state index in [4.69, 9.17) is 17.3 Å². The smallest absolute Gasteiger partial charge is 0.248 e. The number of halogens is 1. The van der Waals surface area contributed by atoms with Gasteiger partial charge in [-0.1, -0.05) is 49.7 Å². The van der Waals surface area contributed by atoms with Gasteiger partial charge < -0.3 is 11.1 Å². The highest BCUT2D eigenvalue weighted by Crippen LogP contribution is 2.30. The molecule has 4 heteroatoms. The third-order valence-electron chi connectivity index (χ3n) is 4.45. The molecule has 0 heterocycles. The molecule has 0 saturated heterocycles. The highest BCUT2D eigenvalue weighted by atomic mass is 35.5. The second-order valence-electron chi connectivity index (χ2n) is 5.71. The number of carbonyl (C=O) groups is 1. The van der Waals surface area contributed by atoms with Gasteiger partial charge in [0.05, 0.1) is 0 Å². The molecule has 0 bridgehead atoms. The Balaban J connectivity index is 2.21. The first-order chi connectivity index (χ1) is 11.0. The molecule has 122 valence electrons. The van der Waals surface area contributed by atoms with Gasteiger partial charge in [0.1, 0.15) is 0 Å². The fourth-order valence-corrected chi connectivity index (χ4v) is 3.01. The fourth-order valence-electron chi connectivity index (χ4n) is 2.89. The second kappa shape index (κ2) is 7.62. The summed E-state index contributed by atoms with van der Waals surface area (Å²) in [6.45, 7) is 5.02. The van der Waals surface area contributed by atoms with Crippen molar-refractivity contribution in [2.24, 2.45) is 5.73 Å². The van der Waals surface area contributed by atoms with Gasteiger partial charge in [0.15, 0.2) is 0 Å². The number of hydrogen-bond donors (Lipinski definition) is 2. The Morgan fingerprint density at radius 2 is 1.78 bits per heavy atom. The molecule has 2 rings (SSSR count). The molecular formula is C19H23ClN2O. The number of hydrogen-bond acceptors (Lipinski definition) is 2. The van der Waals surface area contributed by atoms with Gasteiger partial charge in [0.25, 0.3) is 0 Å². The van der Waals surface area contributed by atoms with Crippen molar-refractivity contribution in [3.05, 3.63) is 70.2 Å². The van der Waals surface area contributed by atoms with Gasteiger partial charge in [-0.15, -0.1) is 0 Å². The lowest BCUT2D eigenvalue weighted by molar-refractivity contribution is 0.1000. The van der Waals surface area contributed by atoms with Gasteiger partial charge in [0.2, 0.25) is 5.91 Å². The normalized spacial score (nSPS) is 11.4. The van der Waals surface area contributed by atoms with Gasteiger partial charge >= 0.3 is 0 Å². The molecule has 0 aliphatic carbocycles. The first kappa shape index (κ1) is 17.5. The van der Waals surface area contributed by atoms with E-state index in [0.29, 0.717) is 12.1 Å². The Morgan fingerprint density at radius 1 is 1.13 bits per heavy atom. The quantitative estimate of drug-likeness (QED) is 0.797. The third-order valence-corrected chi connectivity index (χ3v) is 4.70. The molecular weight excluding hydrogens is 308 g/mol. The van der Waals surface area contributed by atoms with E-state index >= 15 is 0 Å². The first-order valence-corrected chi connectivity index (χ1v) is 8.28. The molecule has 23 heavy (non-hydrogen) atoms. The number of rotatable bonds is 7. The topological polar surface area (TPSA) is 55.1 Å². The molecule has 1 amide bonds. The monoisotopic (exact) mass is 330 g/mol. The predicted octanol–water partition coefficient (Wildman–Crippen LogP) is 4.24. The molecule has 2 aromatic carbocycles. The molecule has 0 aromatic heterocycles. The van der Waals surface area contributed by atoms with Crippen molar-refractivity contribution in [3.8, 4) is 0 Å². The maximum Gasteiger partial charge on any atom is 0.248 e. The molecule has 0 radical (unpaired) electrons. The van der Waals surface area contributed by atoms with Gasteiger partial charge in [-0.25, -0.2) is 0 Å². The molecule has 0 spiro atoms. The standard InChI is InChI=1S/C19H23ClN2O/c1-3-19(4-2,16-8-10-17(20)11-9-16)22-13-14-6-5-7-15(12-14)18(21)23/h5-12,22H,3-4,13H2,1-2H3,(H2,21,23). The van der Waals surface area contributed by atoms with Crippen molar-refractivity contribution < 1.29 is 4.79 Å². The van der Waals surface area contributed by atoms with E-state index in [1.807, 2.05) is 30.3 Å². The van der Waals surface area contributed by atoms with E-state index in [9.17, 15) is 4.79 Å². The van der Waals surface area contributed by atoms with E-state index in [1.165, 1.54) is 5.56 Å². The Morgan fingerprint density at radius 3 is 2.35 bits per heavy atom. The van der Waals surface area contributed by atoms with Crippen LogP contribution in [-0.2, 0) is 12.1 Å². The minimum absolute atomic E-state index is 0.118. The van der Waals surface area contributed by atoms with Crippen LogP contribution >= 0.6 is 11.6 Å². The van der Waals surface area contributed by atoms with E-state index in [2.05, 4.69) is 31.3 Å². The number of nitrogens with one attached hydrogen (secondary N) is 1. The van der Waals surface area contributed by atoms with Crippen molar-refractivity contribution in [1.82, 2.24) is 5.32 Å². The van der Waals surface area contributed by atoms with Crippen LogP contribution < -0.4 is 11.1 Å². The highest BCUT2D eigenvalue weighted by molar-refractivity contribution is 6.30. The van der Waals surface area contributed by atoms with Crippen molar-refractivity contribution in [2.45, 2.75) is 38.8 Å². The third kappa shape index (κ3) is 4.12. The predicted molar refractivity (Wildman–Crippen MR) is 95.5 cm³/mol. The van der Waals surface area contributed by atoms with Crippen LogP contribution in [0, 0.1) is 0 Å². The molecule has 0 atom stereocenters. The average Bonchev–Trinajstić information content (AvgIpc) is 2.58. The van der Waals surface area contributed by atoms with Crippen molar-refractivity contribution in [2.75, 3.05) is 0 Å². The number of primary amides is 1. The van der Waals surface area contributed by atoms with Crippen LogP contribution in [0.2, 0.25) is 5.02 Å². The van der Waals surface area contributed by atoms with Crippen LogP contribution in [-0.4, -0.2) is 5.91 Å². The summed E-state index contributed by atoms with van der Waals surface area (Å²) < 4.78 is 0. The Labute approximate surface area is 142 Å². The minimum atomic E-state index is -0.401. The molecule has 3 nitrogen and oxygen atoms in total. The van der Waals surface area contributed by atoms with Crippen LogP contribution in [0.25, 0.3) is 0 Å². The number of nitrogens with two attached hydrogens (primary N) is 1. The largest absolute Gasteiger partial charge is 0.366 e. The summed E-state index contributed by atoms with van der Waals surface area (Å²) in [6.07, 6.45) is 1.92. The van der Waals surface area contributed by atoms with Crippen LogP contribution in [0.4, 0.5) is 0 Å². The molecule has 0 unspecified atom stereocenters. The van der Waals surface area contributed by atoms with Crippen LogP contribution in [0.15, 0.2) is 48.5 Å². The zero-order chi connectivity index (χ0) is 16.9. The lowest BCUT2D eigenvalue weighted by atomic mass is 9.84. The van der Waals surface area contributed by atoms with Crippen molar-refractivity contribution >= 4 is 17.5 Å². The zero-order valence-electron chi connectivity index (χ0n) is 13.6. The second-order valence-corrected chi connectivity index (χ2v) is 6.15. The van der Waals surface area contributed by atoms with Crippen LogP contribution in [0.5, 0.6) is 0 Å². The van der Waals surface area contributed by atoms with Gasteiger partial charge in [-0.2, -0.15) is 0 Å². The Kier molecular flexibility index (Phi) is 5.80. The van der Waals surface area contributed by atoms with Crippen molar-refractivity contribution in [3.63, 3.8) is 0 Å². The SMILES string of the molecule is CCC(CC)(NCc1cccc(C(N)=O)c1)c1ccc(Cl)cc1. The summed E-state index contributed by atoms with van der Waals surface area (Å²) in [5.74, 6) is -0.401. The number of amides is 1. The molecule has 0 aliphatic heterocycles. The van der Waals surface area contributed by atoms with E-state index in [-0.39, 0.29) is 5.54 Å². The van der Waals surface area contributed by atoms with E-state index in [0.717, 1.165) is 23.4 Å². The maximum absolute atomic E-state index is 11.3. The lowest BCUT2D eigenvalue weighted by Gasteiger charge is -2.34. The number of benzene rings is 2. The lowest BCUT2D eigenvalue weighted by Crippen LogP contribution is -2.41. The van der Waals surface area contributed by atoms with Crippen LogP contribution in [0.3, 0.4) is 0 Å². The average molecular weight is 331 g/mol. The molecule has 2 aromatic rings. The van der Waals surface area contributed by atoms with Gasteiger partial charge in [-0.3, -0.25) is 4.79 Å². The van der Waals surface area contributed by atoms with Gasteiger partial charge in [-0.05, 0) is 48.2 Å². The summed E-state index contributed by atoms with van der Waals surface area (Å²) in [5, 5.41) is 4.40. The summed E-state index contributed by atoms with van der Waals surface area (Å²) in [7, 11) is 0. The summed E-state index contributed by atoms with van der Waals surface area (Å²) in [4.78, 5) is 11.3. The first-order valence-electron chi connectivity index (χ1n) is 7.90.